The Morgan fingerprint density at radius 3 is 1.40 bits per heavy atom. The van der Waals surface area contributed by atoms with Crippen LogP contribution in [0, 0.1) is 0 Å². The van der Waals surface area contributed by atoms with Crippen LogP contribution in [-0.2, 0) is 51.3 Å². The first kappa shape index (κ1) is 40.6. The standard InChI is InChI=1S/C26H51NO13P2/c1-5-8-11-14-23(28)35-19-38-41(32,33)26(31,18-17-22(4)27)42(34,39-20-36-24(29)15-12-9-6-2)40-21-37-25(30)16-13-10-7-3/h22,31H,5-21,27H2,1-4H3,(H,32,33). The minimum absolute atomic E-state index is 0.0396. The highest BCUT2D eigenvalue weighted by molar-refractivity contribution is 7.73. The van der Waals surface area contributed by atoms with Crippen molar-refractivity contribution in [3.8, 4) is 0 Å². The minimum atomic E-state index is -5.42. The second-order valence-corrected chi connectivity index (χ2v) is 14.6. The SMILES string of the molecule is CCCCCC(=O)OCOP(=O)(O)C(O)(CCC(C)N)P(=O)(OCOC(=O)CCCCC)OCOC(=O)CCCCC. The molecule has 0 heterocycles. The number of aliphatic hydroxyl groups is 1. The number of hydrogen-bond acceptors (Lipinski definition) is 13. The predicted octanol–water partition coefficient (Wildman–Crippen LogP) is 5.43. The predicted molar refractivity (Wildman–Crippen MR) is 154 cm³/mol. The van der Waals surface area contributed by atoms with E-state index in [4.69, 9.17) is 33.5 Å². The molecule has 0 aromatic carbocycles. The topological polar surface area (TPSA) is 207 Å². The lowest BCUT2D eigenvalue weighted by molar-refractivity contribution is -0.153. The van der Waals surface area contributed by atoms with Crippen molar-refractivity contribution in [1.82, 2.24) is 0 Å². The summed E-state index contributed by atoms with van der Waals surface area (Å²) in [5.74, 6) is -2.10. The van der Waals surface area contributed by atoms with Gasteiger partial charge >= 0.3 is 33.1 Å². The number of rotatable bonds is 26. The first-order valence-corrected chi connectivity index (χ1v) is 17.7. The lowest BCUT2D eigenvalue weighted by Crippen LogP contribution is -2.35. The molecule has 0 aromatic rings. The third-order valence-electron chi connectivity index (χ3n) is 6.11. The van der Waals surface area contributed by atoms with Crippen LogP contribution in [0.15, 0.2) is 0 Å². The van der Waals surface area contributed by atoms with Gasteiger partial charge in [-0.2, -0.15) is 0 Å². The molecule has 0 aliphatic rings. The fraction of sp³-hybridized carbons (Fsp3) is 0.885. The van der Waals surface area contributed by atoms with Gasteiger partial charge in [0.15, 0.2) is 0 Å². The Morgan fingerprint density at radius 2 is 1.07 bits per heavy atom. The molecular formula is C26H51NO13P2. The number of esters is 3. The molecule has 0 aliphatic carbocycles. The summed E-state index contributed by atoms with van der Waals surface area (Å²) in [6, 6.07) is -0.644. The van der Waals surface area contributed by atoms with Gasteiger partial charge in [0.25, 0.3) is 5.08 Å². The van der Waals surface area contributed by atoms with Crippen molar-refractivity contribution in [2.24, 2.45) is 5.73 Å². The fourth-order valence-corrected chi connectivity index (χ4v) is 7.31. The van der Waals surface area contributed by atoms with E-state index in [0.717, 1.165) is 38.5 Å². The summed E-state index contributed by atoms with van der Waals surface area (Å²) < 4.78 is 57.3. The minimum Gasteiger partial charge on any atom is -0.438 e. The monoisotopic (exact) mass is 647 g/mol. The molecule has 0 rings (SSSR count). The summed E-state index contributed by atoms with van der Waals surface area (Å²) in [5.41, 5.74) is 5.78. The average molecular weight is 648 g/mol. The zero-order valence-corrected chi connectivity index (χ0v) is 27.2. The Hall–Kier alpha value is -1.37. The van der Waals surface area contributed by atoms with E-state index in [1.54, 1.807) is 0 Å². The van der Waals surface area contributed by atoms with Gasteiger partial charge in [0.1, 0.15) is 0 Å². The largest absolute Gasteiger partial charge is 0.438 e. The number of hydrogen-bond donors (Lipinski definition) is 3. The summed E-state index contributed by atoms with van der Waals surface area (Å²) in [5, 5.41) is 8.22. The van der Waals surface area contributed by atoms with Gasteiger partial charge < -0.3 is 29.9 Å². The zero-order chi connectivity index (χ0) is 32.1. The summed E-state index contributed by atoms with van der Waals surface area (Å²) in [4.78, 5) is 46.8. The summed E-state index contributed by atoms with van der Waals surface area (Å²) in [7, 11) is -10.6. The number of nitrogens with two attached hydrogens (primary N) is 1. The van der Waals surface area contributed by atoms with Gasteiger partial charge in [-0.15, -0.1) is 0 Å². The van der Waals surface area contributed by atoms with Crippen LogP contribution in [0.5, 0.6) is 0 Å². The number of ether oxygens (including phenoxy) is 3. The molecule has 0 radical (unpaired) electrons. The van der Waals surface area contributed by atoms with E-state index in [1.807, 2.05) is 20.8 Å². The molecule has 0 amide bonds. The van der Waals surface area contributed by atoms with Crippen molar-refractivity contribution >= 4 is 33.1 Å². The van der Waals surface area contributed by atoms with E-state index in [1.165, 1.54) is 6.92 Å². The van der Waals surface area contributed by atoms with Crippen molar-refractivity contribution in [3.05, 3.63) is 0 Å². The highest BCUT2D eigenvalue weighted by Gasteiger charge is 2.64. The smallest absolute Gasteiger partial charge is 0.380 e. The Bertz CT molecular complexity index is 854. The molecule has 0 aliphatic heterocycles. The Kier molecular flexibility index (Phi) is 21.5. The molecule has 3 atom stereocenters. The van der Waals surface area contributed by atoms with Crippen molar-refractivity contribution in [3.63, 3.8) is 0 Å². The van der Waals surface area contributed by atoms with Gasteiger partial charge in [-0.3, -0.25) is 37.1 Å². The van der Waals surface area contributed by atoms with E-state index in [2.05, 4.69) is 0 Å². The highest BCUT2D eigenvalue weighted by Crippen LogP contribution is 2.76. The van der Waals surface area contributed by atoms with Crippen molar-refractivity contribution in [2.45, 2.75) is 129 Å². The van der Waals surface area contributed by atoms with Crippen molar-refractivity contribution < 1.29 is 61.3 Å². The molecular weight excluding hydrogens is 596 g/mol. The maximum absolute atomic E-state index is 14.0. The molecule has 0 saturated heterocycles. The fourth-order valence-electron chi connectivity index (χ4n) is 3.46. The number of unbranched alkanes of at least 4 members (excludes halogenated alkanes) is 6. The molecule has 0 bridgehead atoms. The highest BCUT2D eigenvalue weighted by atomic mass is 31.2. The lowest BCUT2D eigenvalue weighted by Gasteiger charge is -2.36. The van der Waals surface area contributed by atoms with Gasteiger partial charge in [-0.1, -0.05) is 59.3 Å². The zero-order valence-electron chi connectivity index (χ0n) is 25.5. The third-order valence-corrected chi connectivity index (χ3v) is 11.2. The Morgan fingerprint density at radius 1 is 0.714 bits per heavy atom. The molecule has 0 saturated carbocycles. The normalized spacial score (nSPS) is 15.3. The summed E-state index contributed by atoms with van der Waals surface area (Å²) >= 11 is 0. The maximum Gasteiger partial charge on any atom is 0.380 e. The van der Waals surface area contributed by atoms with Gasteiger partial charge in [-0.25, -0.2) is 0 Å². The molecule has 14 nitrogen and oxygen atoms in total. The van der Waals surface area contributed by atoms with E-state index in [9.17, 15) is 33.5 Å². The molecule has 0 fully saturated rings. The van der Waals surface area contributed by atoms with Crippen LogP contribution in [0.2, 0.25) is 0 Å². The van der Waals surface area contributed by atoms with Crippen LogP contribution in [0.3, 0.4) is 0 Å². The third kappa shape index (κ3) is 15.9. The molecule has 42 heavy (non-hydrogen) atoms. The van der Waals surface area contributed by atoms with Crippen LogP contribution in [0.1, 0.15) is 118 Å². The molecule has 248 valence electrons. The summed E-state index contributed by atoms with van der Waals surface area (Å²) in [6.45, 7) is 4.30. The Labute approximate surface area is 249 Å². The molecule has 0 spiro atoms. The van der Waals surface area contributed by atoms with Gasteiger partial charge in [0.2, 0.25) is 20.4 Å². The van der Waals surface area contributed by atoms with E-state index >= 15 is 0 Å². The second kappa shape index (κ2) is 22.2. The first-order chi connectivity index (χ1) is 19.8. The quantitative estimate of drug-likeness (QED) is 0.0352. The van der Waals surface area contributed by atoms with Gasteiger partial charge in [0, 0.05) is 31.7 Å². The van der Waals surface area contributed by atoms with Crippen LogP contribution >= 0.6 is 15.2 Å². The van der Waals surface area contributed by atoms with E-state index in [0.29, 0.717) is 19.3 Å². The van der Waals surface area contributed by atoms with Gasteiger partial charge in [-0.05, 0) is 32.6 Å². The molecule has 16 heteroatoms. The van der Waals surface area contributed by atoms with Crippen LogP contribution in [-0.4, -0.2) is 59.4 Å². The summed E-state index contributed by atoms with van der Waals surface area (Å²) in [6.07, 6.45) is 5.71. The lowest BCUT2D eigenvalue weighted by atomic mass is 10.2. The molecule has 4 N–H and O–H groups in total. The van der Waals surface area contributed by atoms with E-state index in [-0.39, 0.29) is 25.7 Å². The average Bonchev–Trinajstić information content (AvgIpc) is 2.91. The number of carbonyl (C=O) groups excluding carboxylic acids is 3. The first-order valence-electron chi connectivity index (χ1n) is 14.6. The molecule has 3 unspecified atom stereocenters. The van der Waals surface area contributed by atoms with Crippen LogP contribution < -0.4 is 5.73 Å². The molecule has 0 aromatic heterocycles. The Balaban J connectivity index is 5.87. The van der Waals surface area contributed by atoms with Gasteiger partial charge in [0.05, 0.1) is 0 Å². The van der Waals surface area contributed by atoms with Crippen molar-refractivity contribution in [1.29, 1.82) is 0 Å². The number of carbonyl (C=O) groups is 3. The van der Waals surface area contributed by atoms with E-state index < -0.39 is 71.0 Å². The van der Waals surface area contributed by atoms with Crippen LogP contribution in [0.4, 0.5) is 0 Å². The van der Waals surface area contributed by atoms with Crippen molar-refractivity contribution in [2.75, 3.05) is 20.4 Å². The maximum atomic E-state index is 14.0. The second-order valence-electron chi connectivity index (χ2n) is 9.97. The van der Waals surface area contributed by atoms with Crippen LogP contribution in [0.25, 0.3) is 0 Å².